The van der Waals surface area contributed by atoms with Crippen molar-refractivity contribution in [2.75, 3.05) is 6.61 Å². The third-order valence-electron chi connectivity index (χ3n) is 0.952. The molecule has 0 aliphatic carbocycles. The van der Waals surface area contributed by atoms with Crippen molar-refractivity contribution in [3.8, 4) is 0 Å². The van der Waals surface area contributed by atoms with Crippen molar-refractivity contribution in [3.63, 3.8) is 0 Å². The zero-order valence-corrected chi connectivity index (χ0v) is 3.77. The lowest BCUT2D eigenvalue weighted by Gasteiger charge is -1.78. The fourth-order valence-electron chi connectivity index (χ4n) is 0.210. The molecule has 0 N–H and O–H groups in total. The Hall–Kier alpha value is -0.390. The normalized spacial score (nSPS) is 42.0. The molecule has 0 aromatic heterocycles. The molecule has 1 unspecified atom stereocenters. The van der Waals surface area contributed by atoms with E-state index >= 15 is 0 Å². The maximum Gasteiger partial charge on any atom is 0.205 e. The van der Waals surface area contributed by atoms with Crippen molar-refractivity contribution in [1.82, 2.24) is 0 Å². The van der Waals surface area contributed by atoms with Crippen molar-refractivity contribution in [2.45, 2.75) is 12.5 Å². The summed E-state index contributed by atoms with van der Waals surface area (Å²) in [4.78, 5) is 0. The Kier molecular flexibility index (Phi) is 0.512. The Bertz CT molecular complexity index is 72.0. The van der Waals surface area contributed by atoms with Gasteiger partial charge in [0.15, 0.2) is 11.7 Å². The smallest absolute Gasteiger partial charge is 0.205 e. The van der Waals surface area contributed by atoms with E-state index in [2.05, 4.69) is 0 Å². The van der Waals surface area contributed by atoms with Crippen molar-refractivity contribution in [3.05, 3.63) is 12.7 Å². The van der Waals surface area contributed by atoms with Gasteiger partial charge in [0.2, 0.25) is 6.58 Å². The fraction of sp³-hybridized carbons (Fsp3) is 0.600. The Morgan fingerprint density at radius 1 is 2.00 bits per heavy atom. The van der Waals surface area contributed by atoms with Gasteiger partial charge in [0, 0.05) is 0 Å². The van der Waals surface area contributed by atoms with E-state index in [0.29, 0.717) is 0 Å². The molecular formula is C5H7O+. The van der Waals surface area contributed by atoms with Gasteiger partial charge in [-0.3, -0.25) is 0 Å². The van der Waals surface area contributed by atoms with Gasteiger partial charge in [-0.15, -0.1) is 0 Å². The predicted molar refractivity (Wildman–Crippen MR) is 23.2 cm³/mol. The van der Waals surface area contributed by atoms with E-state index in [1.165, 1.54) is 0 Å². The summed E-state index contributed by atoms with van der Waals surface area (Å²) in [5.41, 5.74) is -0.0556. The van der Waals surface area contributed by atoms with Gasteiger partial charge in [0.25, 0.3) is 0 Å². The summed E-state index contributed by atoms with van der Waals surface area (Å²) in [5, 5.41) is 0. The lowest BCUT2D eigenvalue weighted by atomic mass is 10.2. The molecule has 1 heterocycles. The molecule has 0 radical (unpaired) electrons. The maximum atomic E-state index is 5.12. The highest BCUT2D eigenvalue weighted by Crippen LogP contribution is 2.25. The highest BCUT2D eigenvalue weighted by atomic mass is 16.6. The summed E-state index contributed by atoms with van der Waals surface area (Å²) in [6.07, 6.45) is 1.58. The molecule has 0 saturated carbocycles. The molecule has 1 atom stereocenters. The van der Waals surface area contributed by atoms with Gasteiger partial charge < -0.3 is 4.74 Å². The van der Waals surface area contributed by atoms with Crippen LogP contribution in [0.2, 0.25) is 0 Å². The minimum absolute atomic E-state index is 0.0556. The summed E-state index contributed by atoms with van der Waals surface area (Å²) in [6, 6.07) is 0. The van der Waals surface area contributed by atoms with Gasteiger partial charge in [-0.05, 0) is 6.92 Å². The fourth-order valence-corrected chi connectivity index (χ4v) is 0.210. The van der Waals surface area contributed by atoms with E-state index in [1.54, 1.807) is 6.08 Å². The standard InChI is InChI=1S/C5H7O/c1-3-5(2)4-6-5/h1,3H,4H2,2H3/q+1. The molecule has 0 aromatic carbocycles. The Labute approximate surface area is 37.6 Å². The van der Waals surface area contributed by atoms with Crippen LogP contribution in [0.3, 0.4) is 0 Å². The van der Waals surface area contributed by atoms with Crippen molar-refractivity contribution < 1.29 is 4.74 Å². The van der Waals surface area contributed by atoms with E-state index in [-0.39, 0.29) is 5.60 Å². The van der Waals surface area contributed by atoms with Crippen LogP contribution in [0.25, 0.3) is 0 Å². The van der Waals surface area contributed by atoms with Crippen LogP contribution >= 0.6 is 0 Å². The first-order chi connectivity index (χ1) is 2.77. The Morgan fingerprint density at radius 2 is 2.50 bits per heavy atom. The van der Waals surface area contributed by atoms with Crippen LogP contribution in [-0.2, 0) is 4.74 Å². The summed E-state index contributed by atoms with van der Waals surface area (Å²) >= 11 is 0. The molecule has 1 fully saturated rings. The van der Waals surface area contributed by atoms with Gasteiger partial charge in [0.05, 0.1) is 6.61 Å². The quantitative estimate of drug-likeness (QED) is 0.337. The highest BCUT2D eigenvalue weighted by Gasteiger charge is 2.39. The molecular weight excluding hydrogens is 76.1 g/mol. The van der Waals surface area contributed by atoms with Crippen LogP contribution < -0.4 is 0 Å². The van der Waals surface area contributed by atoms with Crippen LogP contribution in [0.4, 0.5) is 0 Å². The lowest BCUT2D eigenvalue weighted by molar-refractivity contribution is 0.370. The summed E-state index contributed by atoms with van der Waals surface area (Å²) in [7, 11) is 0. The molecule has 1 aliphatic heterocycles. The molecule has 1 rings (SSSR count). The van der Waals surface area contributed by atoms with Crippen LogP contribution in [0.15, 0.2) is 6.08 Å². The molecule has 6 heavy (non-hydrogen) atoms. The van der Waals surface area contributed by atoms with E-state index in [9.17, 15) is 0 Å². The van der Waals surface area contributed by atoms with Crippen molar-refractivity contribution >= 4 is 0 Å². The first kappa shape index (κ1) is 3.79. The second-order valence-corrected chi connectivity index (χ2v) is 1.77. The van der Waals surface area contributed by atoms with Gasteiger partial charge in [-0.2, -0.15) is 0 Å². The van der Waals surface area contributed by atoms with E-state index < -0.39 is 0 Å². The minimum Gasteiger partial charge on any atom is -0.361 e. The summed E-state index contributed by atoms with van der Waals surface area (Å²) in [6.45, 7) is 7.86. The molecule has 1 nitrogen and oxygen atoms in total. The monoisotopic (exact) mass is 83.0 g/mol. The molecule has 32 valence electrons. The largest absolute Gasteiger partial charge is 0.361 e. The first-order valence-electron chi connectivity index (χ1n) is 1.97. The topological polar surface area (TPSA) is 12.5 Å². The molecule has 1 saturated heterocycles. The third-order valence-corrected chi connectivity index (χ3v) is 0.952. The molecule has 0 spiro atoms. The minimum atomic E-state index is -0.0556. The van der Waals surface area contributed by atoms with Crippen molar-refractivity contribution in [1.29, 1.82) is 0 Å². The zero-order valence-electron chi connectivity index (χ0n) is 3.77. The molecule has 0 amide bonds. The number of hydrogen-bond acceptors (Lipinski definition) is 1. The van der Waals surface area contributed by atoms with Crippen molar-refractivity contribution in [2.24, 2.45) is 0 Å². The second kappa shape index (κ2) is 0.810. The average Bonchev–Trinajstić information content (AvgIpc) is 2.22. The lowest BCUT2D eigenvalue weighted by Crippen LogP contribution is -1.94. The Balaban J connectivity index is 2.47. The van der Waals surface area contributed by atoms with Crippen LogP contribution in [0, 0.1) is 6.58 Å². The van der Waals surface area contributed by atoms with Gasteiger partial charge in [-0.25, -0.2) is 0 Å². The number of epoxide rings is 1. The highest BCUT2D eigenvalue weighted by molar-refractivity contribution is 5.01. The molecule has 1 aliphatic rings. The zero-order chi connectivity index (χ0) is 4.62. The number of ether oxygens (including phenoxy) is 1. The third kappa shape index (κ3) is 0.425. The van der Waals surface area contributed by atoms with E-state index in [4.69, 9.17) is 11.3 Å². The van der Waals surface area contributed by atoms with E-state index in [1.807, 2.05) is 6.92 Å². The first-order valence-corrected chi connectivity index (χ1v) is 1.97. The number of hydrogen-bond donors (Lipinski definition) is 0. The van der Waals surface area contributed by atoms with Gasteiger partial charge in [0.1, 0.15) is 0 Å². The molecule has 0 bridgehead atoms. The van der Waals surface area contributed by atoms with Crippen LogP contribution in [0.5, 0.6) is 0 Å². The van der Waals surface area contributed by atoms with E-state index in [0.717, 1.165) is 6.61 Å². The van der Waals surface area contributed by atoms with Gasteiger partial charge in [-0.1, -0.05) is 0 Å². The van der Waals surface area contributed by atoms with Gasteiger partial charge >= 0.3 is 0 Å². The second-order valence-electron chi connectivity index (χ2n) is 1.77. The summed E-state index contributed by atoms with van der Waals surface area (Å²) in [5.74, 6) is 0. The van der Waals surface area contributed by atoms with Crippen LogP contribution in [0.1, 0.15) is 6.92 Å². The average molecular weight is 83.1 g/mol. The SMILES string of the molecule is [CH+]=CC1(C)CO1. The molecule has 0 aromatic rings. The predicted octanol–water partition coefficient (Wildman–Crippen LogP) is 0.764. The maximum absolute atomic E-state index is 5.12. The van der Waals surface area contributed by atoms with Crippen LogP contribution in [-0.4, -0.2) is 12.2 Å². The molecule has 1 heteroatoms. The summed E-state index contributed by atoms with van der Waals surface area (Å²) < 4.78 is 4.86. The Morgan fingerprint density at radius 3 is 2.50 bits per heavy atom. The number of rotatable bonds is 1.